The zero-order chi connectivity index (χ0) is 9.68. The zero-order valence-electron chi connectivity index (χ0n) is 8.17. The third kappa shape index (κ3) is 3.54. The van der Waals surface area contributed by atoms with Gasteiger partial charge in [0.2, 0.25) is 0 Å². The average Bonchev–Trinajstić information content (AvgIpc) is 2.08. The summed E-state index contributed by atoms with van der Waals surface area (Å²) in [6, 6.07) is 2.06. The summed E-state index contributed by atoms with van der Waals surface area (Å²) in [6.07, 6.45) is 4.09. The van der Waals surface area contributed by atoms with Gasteiger partial charge < -0.3 is 4.90 Å². The molecule has 2 nitrogen and oxygen atoms in total. The maximum Gasteiger partial charge on any atom is 0.133 e. The first-order chi connectivity index (χ1) is 6.26. The van der Waals surface area contributed by atoms with E-state index in [-0.39, 0.29) is 5.38 Å². The van der Waals surface area contributed by atoms with Gasteiger partial charge in [-0.15, -0.1) is 11.6 Å². The van der Waals surface area contributed by atoms with E-state index in [4.69, 9.17) is 16.9 Å². The fraction of sp³-hybridized carbons (Fsp3) is 0.900. The molecular weight excluding hydrogens is 184 g/mol. The van der Waals surface area contributed by atoms with Crippen LogP contribution in [0.5, 0.6) is 0 Å². The molecule has 0 aromatic rings. The van der Waals surface area contributed by atoms with Gasteiger partial charge in [-0.2, -0.15) is 5.26 Å². The van der Waals surface area contributed by atoms with E-state index in [9.17, 15) is 0 Å². The minimum Gasteiger partial charge on any atom is -0.301 e. The Bertz CT molecular complexity index is 184. The van der Waals surface area contributed by atoms with Gasteiger partial charge in [0.05, 0.1) is 6.07 Å². The second-order valence-corrected chi connectivity index (χ2v) is 4.27. The topological polar surface area (TPSA) is 27.0 Å². The Kier molecular flexibility index (Phi) is 4.55. The maximum absolute atomic E-state index is 8.58. The van der Waals surface area contributed by atoms with Crippen molar-refractivity contribution in [3.05, 3.63) is 0 Å². The molecule has 3 heteroatoms. The highest BCUT2D eigenvalue weighted by atomic mass is 35.5. The first-order valence-electron chi connectivity index (χ1n) is 5.02. The minimum atomic E-state index is -0.347. The molecule has 0 bridgehead atoms. The van der Waals surface area contributed by atoms with Gasteiger partial charge in [-0.05, 0) is 25.3 Å². The maximum atomic E-state index is 8.58. The minimum absolute atomic E-state index is 0.347. The van der Waals surface area contributed by atoms with Gasteiger partial charge in [0.1, 0.15) is 5.38 Å². The van der Waals surface area contributed by atoms with Crippen molar-refractivity contribution >= 4 is 11.6 Å². The van der Waals surface area contributed by atoms with E-state index < -0.39 is 0 Å². The monoisotopic (exact) mass is 200 g/mol. The van der Waals surface area contributed by atoms with Crippen LogP contribution in [0.25, 0.3) is 0 Å². The molecule has 0 spiro atoms. The fourth-order valence-electron chi connectivity index (χ4n) is 1.64. The normalized spacial score (nSPS) is 19.5. The van der Waals surface area contributed by atoms with Crippen molar-refractivity contribution in [2.45, 2.75) is 31.6 Å². The third-order valence-corrected chi connectivity index (χ3v) is 2.98. The lowest BCUT2D eigenvalue weighted by atomic mass is 9.85. The van der Waals surface area contributed by atoms with Crippen LogP contribution in [0.4, 0.5) is 0 Å². The fourth-order valence-corrected chi connectivity index (χ4v) is 1.84. The van der Waals surface area contributed by atoms with E-state index in [0.29, 0.717) is 6.54 Å². The Morgan fingerprint density at radius 2 is 2.31 bits per heavy atom. The summed E-state index contributed by atoms with van der Waals surface area (Å²) < 4.78 is 0. The zero-order valence-corrected chi connectivity index (χ0v) is 8.93. The Balaban J connectivity index is 2.21. The molecule has 0 aromatic carbocycles. The van der Waals surface area contributed by atoms with Crippen molar-refractivity contribution in [3.63, 3.8) is 0 Å². The Labute approximate surface area is 85.5 Å². The van der Waals surface area contributed by atoms with Crippen LogP contribution in [0.1, 0.15) is 26.2 Å². The summed E-state index contributed by atoms with van der Waals surface area (Å²) in [5, 5.41) is 8.23. The summed E-state index contributed by atoms with van der Waals surface area (Å²) in [7, 11) is 0. The Morgan fingerprint density at radius 1 is 1.62 bits per heavy atom. The quantitative estimate of drug-likeness (QED) is 0.637. The molecule has 0 aliphatic heterocycles. The number of hydrogen-bond acceptors (Lipinski definition) is 2. The van der Waals surface area contributed by atoms with E-state index in [2.05, 4.69) is 17.9 Å². The summed E-state index contributed by atoms with van der Waals surface area (Å²) in [5.74, 6) is 0.863. The van der Waals surface area contributed by atoms with Gasteiger partial charge in [-0.3, -0.25) is 0 Å². The van der Waals surface area contributed by atoms with Crippen molar-refractivity contribution in [2.75, 3.05) is 19.6 Å². The lowest BCUT2D eigenvalue weighted by molar-refractivity contribution is 0.187. The van der Waals surface area contributed by atoms with Crippen molar-refractivity contribution in [1.29, 1.82) is 5.26 Å². The van der Waals surface area contributed by atoms with Crippen LogP contribution in [0.15, 0.2) is 0 Å². The SMILES string of the molecule is CCN(CC(Cl)C#N)CC1CCC1. The molecule has 1 aliphatic rings. The smallest absolute Gasteiger partial charge is 0.133 e. The molecule has 74 valence electrons. The highest BCUT2D eigenvalue weighted by Crippen LogP contribution is 2.27. The number of rotatable bonds is 5. The largest absolute Gasteiger partial charge is 0.301 e. The highest BCUT2D eigenvalue weighted by Gasteiger charge is 2.20. The van der Waals surface area contributed by atoms with Crippen LogP contribution in [0, 0.1) is 17.2 Å². The van der Waals surface area contributed by atoms with Crippen LogP contribution in [-0.2, 0) is 0 Å². The molecule has 0 N–H and O–H groups in total. The van der Waals surface area contributed by atoms with Gasteiger partial charge >= 0.3 is 0 Å². The van der Waals surface area contributed by atoms with E-state index >= 15 is 0 Å². The van der Waals surface area contributed by atoms with Crippen LogP contribution in [-0.4, -0.2) is 29.9 Å². The standard InChI is InChI=1S/C10H17ClN2/c1-2-13(8-10(11)6-12)7-9-4-3-5-9/h9-10H,2-5,7-8H2,1H3. The second kappa shape index (κ2) is 5.47. The summed E-state index contributed by atoms with van der Waals surface area (Å²) >= 11 is 5.78. The molecule has 1 saturated carbocycles. The number of nitriles is 1. The van der Waals surface area contributed by atoms with Gasteiger partial charge in [-0.25, -0.2) is 0 Å². The molecule has 13 heavy (non-hydrogen) atoms. The van der Waals surface area contributed by atoms with E-state index in [1.165, 1.54) is 19.3 Å². The molecule has 0 amide bonds. The third-order valence-electron chi connectivity index (χ3n) is 2.75. The predicted molar refractivity (Wildman–Crippen MR) is 54.7 cm³/mol. The van der Waals surface area contributed by atoms with Crippen LogP contribution in [0.2, 0.25) is 0 Å². The van der Waals surface area contributed by atoms with Crippen LogP contribution in [0.3, 0.4) is 0 Å². The number of halogens is 1. The average molecular weight is 201 g/mol. The van der Waals surface area contributed by atoms with Gasteiger partial charge in [0, 0.05) is 13.1 Å². The first kappa shape index (κ1) is 10.8. The molecule has 1 aliphatic carbocycles. The molecule has 1 fully saturated rings. The van der Waals surface area contributed by atoms with Crippen LogP contribution >= 0.6 is 11.6 Å². The van der Waals surface area contributed by atoms with E-state index in [0.717, 1.165) is 19.0 Å². The molecule has 0 aromatic heterocycles. The molecule has 0 radical (unpaired) electrons. The molecule has 0 saturated heterocycles. The number of nitrogens with zero attached hydrogens (tertiary/aromatic N) is 2. The molecule has 1 unspecified atom stereocenters. The Morgan fingerprint density at radius 3 is 2.69 bits per heavy atom. The molecule has 1 atom stereocenters. The van der Waals surface area contributed by atoms with E-state index in [1.807, 2.05) is 0 Å². The van der Waals surface area contributed by atoms with Crippen molar-refractivity contribution in [2.24, 2.45) is 5.92 Å². The van der Waals surface area contributed by atoms with Crippen molar-refractivity contribution in [1.82, 2.24) is 4.90 Å². The number of alkyl halides is 1. The van der Waals surface area contributed by atoms with Gasteiger partial charge in [-0.1, -0.05) is 13.3 Å². The molecule has 0 heterocycles. The highest BCUT2D eigenvalue weighted by molar-refractivity contribution is 6.22. The van der Waals surface area contributed by atoms with Crippen LogP contribution < -0.4 is 0 Å². The molecule has 1 rings (SSSR count). The number of hydrogen-bond donors (Lipinski definition) is 0. The summed E-state index contributed by atoms with van der Waals surface area (Å²) in [5.41, 5.74) is 0. The first-order valence-corrected chi connectivity index (χ1v) is 5.46. The Hall–Kier alpha value is -0.260. The summed E-state index contributed by atoms with van der Waals surface area (Å²) in [4.78, 5) is 2.28. The predicted octanol–water partition coefficient (Wildman–Crippen LogP) is 2.24. The molecular formula is C10H17ClN2. The van der Waals surface area contributed by atoms with Crippen molar-refractivity contribution < 1.29 is 0 Å². The second-order valence-electron chi connectivity index (χ2n) is 3.75. The van der Waals surface area contributed by atoms with Gasteiger partial charge in [0.15, 0.2) is 0 Å². The van der Waals surface area contributed by atoms with Crippen molar-refractivity contribution in [3.8, 4) is 6.07 Å². The lowest BCUT2D eigenvalue weighted by Gasteiger charge is -2.31. The summed E-state index contributed by atoms with van der Waals surface area (Å²) in [6.45, 7) is 4.97. The lowest BCUT2D eigenvalue weighted by Crippen LogP contribution is -2.36. The van der Waals surface area contributed by atoms with E-state index in [1.54, 1.807) is 0 Å². The van der Waals surface area contributed by atoms with Gasteiger partial charge in [0.25, 0.3) is 0 Å².